The minimum atomic E-state index is -0.436. The van der Waals surface area contributed by atoms with Crippen molar-refractivity contribution in [2.24, 2.45) is 5.73 Å². The highest BCUT2D eigenvalue weighted by atomic mass is 35.5. The number of halogens is 1. The molecule has 0 spiro atoms. The number of amides is 1. The number of esters is 1. The fraction of sp³-hybridized carbons (Fsp3) is 0.263. The highest BCUT2D eigenvalue weighted by Crippen LogP contribution is 2.19. The molecule has 0 aliphatic rings. The van der Waals surface area contributed by atoms with Gasteiger partial charge in [-0.05, 0) is 11.1 Å². The van der Waals surface area contributed by atoms with Gasteiger partial charge in [-0.25, -0.2) is 0 Å². The van der Waals surface area contributed by atoms with Crippen LogP contribution in [-0.4, -0.2) is 19.0 Å². The lowest BCUT2D eigenvalue weighted by Gasteiger charge is -2.20. The van der Waals surface area contributed by atoms with Gasteiger partial charge >= 0.3 is 5.97 Å². The summed E-state index contributed by atoms with van der Waals surface area (Å²) in [4.78, 5) is 24.0. The zero-order chi connectivity index (χ0) is 17.4. The lowest BCUT2D eigenvalue weighted by molar-refractivity contribution is -0.141. The van der Waals surface area contributed by atoms with Crippen LogP contribution in [0.2, 0.25) is 0 Å². The number of nitrogens with two attached hydrogens (primary N) is 1. The predicted molar refractivity (Wildman–Crippen MR) is 99.2 cm³/mol. The van der Waals surface area contributed by atoms with Crippen LogP contribution in [0.5, 0.6) is 0 Å². The molecule has 3 N–H and O–H groups in total. The fourth-order valence-electron chi connectivity index (χ4n) is 2.46. The maximum absolute atomic E-state index is 12.3. The molecule has 1 amide bonds. The first kappa shape index (κ1) is 20.7. The van der Waals surface area contributed by atoms with Gasteiger partial charge in [0.2, 0.25) is 5.91 Å². The number of carbonyl (C=O) groups excluding carboxylic acids is 2. The first-order valence-corrected chi connectivity index (χ1v) is 7.81. The molecule has 0 bridgehead atoms. The van der Waals surface area contributed by atoms with Gasteiger partial charge in [-0.2, -0.15) is 0 Å². The lowest BCUT2D eigenvalue weighted by Crippen LogP contribution is -2.32. The zero-order valence-electron chi connectivity index (χ0n) is 14.1. The van der Waals surface area contributed by atoms with Crippen molar-refractivity contribution < 1.29 is 14.3 Å². The van der Waals surface area contributed by atoms with E-state index in [-0.39, 0.29) is 43.2 Å². The normalized spacial score (nSPS) is 12.4. The third-order valence-electron chi connectivity index (χ3n) is 3.77. The Labute approximate surface area is 154 Å². The second-order valence-electron chi connectivity index (χ2n) is 5.53. The van der Waals surface area contributed by atoms with Crippen LogP contribution in [-0.2, 0) is 14.3 Å². The van der Waals surface area contributed by atoms with Gasteiger partial charge in [0.25, 0.3) is 0 Å². The standard InChI is InChI=1S/C19H22N2O3.ClH/c1-24-19(23)13-17(15-10-6-3-7-11-15)21-18(22)12-16(20)14-8-4-2-5-9-14;/h2-11,16-17H,12-13,20H2,1H3,(H,21,22);1H. The Morgan fingerprint density at radius 2 is 1.48 bits per heavy atom. The summed E-state index contributed by atoms with van der Waals surface area (Å²) in [5, 5.41) is 2.88. The second-order valence-corrected chi connectivity index (χ2v) is 5.53. The molecule has 25 heavy (non-hydrogen) atoms. The predicted octanol–water partition coefficient (Wildman–Crippen LogP) is 2.92. The van der Waals surface area contributed by atoms with Gasteiger partial charge in [0.05, 0.1) is 19.6 Å². The molecule has 0 aliphatic carbocycles. The molecule has 0 saturated carbocycles. The van der Waals surface area contributed by atoms with Crippen LogP contribution in [0.15, 0.2) is 60.7 Å². The topological polar surface area (TPSA) is 81.4 Å². The summed E-state index contributed by atoms with van der Waals surface area (Å²) in [7, 11) is 1.33. The average molecular weight is 363 g/mol. The molecule has 0 aliphatic heterocycles. The van der Waals surface area contributed by atoms with Crippen molar-refractivity contribution in [3.8, 4) is 0 Å². The van der Waals surface area contributed by atoms with Crippen LogP contribution in [0.25, 0.3) is 0 Å². The summed E-state index contributed by atoms with van der Waals surface area (Å²) in [6, 6.07) is 18.0. The third kappa shape index (κ3) is 6.57. The smallest absolute Gasteiger partial charge is 0.307 e. The molecule has 2 atom stereocenters. The fourth-order valence-corrected chi connectivity index (χ4v) is 2.46. The van der Waals surface area contributed by atoms with E-state index in [2.05, 4.69) is 5.32 Å². The summed E-state index contributed by atoms with van der Waals surface area (Å²) in [6.45, 7) is 0. The molecule has 2 unspecified atom stereocenters. The highest BCUT2D eigenvalue weighted by Gasteiger charge is 2.20. The van der Waals surface area contributed by atoms with Crippen LogP contribution >= 0.6 is 12.4 Å². The molecule has 0 heterocycles. The molecule has 0 fully saturated rings. The molecule has 5 nitrogen and oxygen atoms in total. The van der Waals surface area contributed by atoms with E-state index in [0.29, 0.717) is 0 Å². The van der Waals surface area contributed by atoms with Crippen molar-refractivity contribution in [2.75, 3.05) is 7.11 Å². The molecule has 2 aromatic carbocycles. The second kappa shape index (κ2) is 10.5. The van der Waals surface area contributed by atoms with E-state index in [9.17, 15) is 9.59 Å². The van der Waals surface area contributed by atoms with Crippen LogP contribution < -0.4 is 11.1 Å². The van der Waals surface area contributed by atoms with Crippen molar-refractivity contribution in [3.63, 3.8) is 0 Å². The number of nitrogens with one attached hydrogen (secondary N) is 1. The first-order chi connectivity index (χ1) is 11.6. The Morgan fingerprint density at radius 3 is 2.00 bits per heavy atom. The number of rotatable bonds is 7. The van der Waals surface area contributed by atoms with Crippen molar-refractivity contribution in [2.45, 2.75) is 24.9 Å². The van der Waals surface area contributed by atoms with Gasteiger partial charge in [-0.15, -0.1) is 12.4 Å². The molecule has 134 valence electrons. The van der Waals surface area contributed by atoms with Gasteiger partial charge < -0.3 is 15.8 Å². The quantitative estimate of drug-likeness (QED) is 0.742. The Hall–Kier alpha value is -2.37. The van der Waals surface area contributed by atoms with Crippen LogP contribution in [0.3, 0.4) is 0 Å². The van der Waals surface area contributed by atoms with Gasteiger partial charge in [0.15, 0.2) is 0 Å². The number of carbonyl (C=O) groups is 2. The monoisotopic (exact) mass is 362 g/mol. The van der Waals surface area contributed by atoms with Gasteiger partial charge in [0, 0.05) is 12.5 Å². The average Bonchev–Trinajstić information content (AvgIpc) is 2.62. The Bertz CT molecular complexity index is 665. The van der Waals surface area contributed by atoms with E-state index in [1.54, 1.807) is 0 Å². The summed E-state index contributed by atoms with van der Waals surface area (Å²) in [5.41, 5.74) is 7.84. The Kier molecular flexibility index (Phi) is 8.67. The Morgan fingerprint density at radius 1 is 0.960 bits per heavy atom. The molecule has 6 heteroatoms. The largest absolute Gasteiger partial charge is 0.469 e. The number of hydrogen-bond donors (Lipinski definition) is 2. The van der Waals surface area contributed by atoms with Crippen LogP contribution in [0, 0.1) is 0 Å². The van der Waals surface area contributed by atoms with Crippen molar-refractivity contribution in [1.82, 2.24) is 5.32 Å². The lowest BCUT2D eigenvalue weighted by atomic mass is 10.0. The van der Waals surface area contributed by atoms with E-state index >= 15 is 0 Å². The van der Waals surface area contributed by atoms with Crippen molar-refractivity contribution in [1.29, 1.82) is 0 Å². The van der Waals surface area contributed by atoms with E-state index < -0.39 is 6.04 Å². The summed E-state index contributed by atoms with van der Waals surface area (Å²) < 4.78 is 4.72. The summed E-state index contributed by atoms with van der Waals surface area (Å²) in [6.07, 6.45) is 0.224. The van der Waals surface area contributed by atoms with Gasteiger partial charge in [-0.1, -0.05) is 60.7 Å². The van der Waals surface area contributed by atoms with Crippen molar-refractivity contribution >= 4 is 24.3 Å². The van der Waals surface area contributed by atoms with Gasteiger partial charge in [-0.3, -0.25) is 9.59 Å². The molecule has 0 saturated heterocycles. The first-order valence-electron chi connectivity index (χ1n) is 7.81. The molecular weight excluding hydrogens is 340 g/mol. The number of benzene rings is 2. The SMILES string of the molecule is COC(=O)CC(NC(=O)CC(N)c1ccccc1)c1ccccc1.Cl. The van der Waals surface area contributed by atoms with Crippen LogP contribution in [0.1, 0.15) is 36.1 Å². The van der Waals surface area contributed by atoms with E-state index in [1.165, 1.54) is 7.11 Å². The minimum Gasteiger partial charge on any atom is -0.469 e. The third-order valence-corrected chi connectivity index (χ3v) is 3.77. The van der Waals surface area contributed by atoms with Crippen molar-refractivity contribution in [3.05, 3.63) is 71.8 Å². The maximum atomic E-state index is 12.3. The van der Waals surface area contributed by atoms with E-state index in [4.69, 9.17) is 10.5 Å². The molecule has 0 radical (unpaired) electrons. The van der Waals surface area contributed by atoms with E-state index in [1.807, 2.05) is 60.7 Å². The van der Waals surface area contributed by atoms with Crippen LogP contribution in [0.4, 0.5) is 0 Å². The summed E-state index contributed by atoms with van der Waals surface area (Å²) >= 11 is 0. The zero-order valence-corrected chi connectivity index (χ0v) is 14.9. The minimum absolute atomic E-state index is 0. The number of hydrogen-bond acceptors (Lipinski definition) is 4. The highest BCUT2D eigenvalue weighted by molar-refractivity contribution is 5.85. The van der Waals surface area contributed by atoms with Gasteiger partial charge in [0.1, 0.15) is 0 Å². The number of methoxy groups -OCH3 is 1. The number of ether oxygens (including phenoxy) is 1. The molecule has 2 rings (SSSR count). The Balaban J connectivity index is 0.00000312. The van der Waals surface area contributed by atoms with E-state index in [0.717, 1.165) is 11.1 Å². The molecule has 0 aromatic heterocycles. The summed E-state index contributed by atoms with van der Waals surface area (Å²) in [5.74, 6) is -0.583. The molecular formula is C19H23ClN2O3. The maximum Gasteiger partial charge on any atom is 0.307 e. The molecule has 2 aromatic rings.